The lowest BCUT2D eigenvalue weighted by Gasteiger charge is -2.21. The summed E-state index contributed by atoms with van der Waals surface area (Å²) >= 11 is 1.40. The Morgan fingerprint density at radius 2 is 2.16 bits per heavy atom. The maximum absolute atomic E-state index is 13.9. The quantitative estimate of drug-likeness (QED) is 0.602. The first-order chi connectivity index (χ1) is 12.2. The second kappa shape index (κ2) is 7.90. The molecule has 0 unspecified atom stereocenters. The predicted octanol–water partition coefficient (Wildman–Crippen LogP) is 3.96. The van der Waals surface area contributed by atoms with Crippen LogP contribution in [-0.4, -0.2) is 26.9 Å². The molecular weight excluding hydrogens is 337 g/mol. The van der Waals surface area contributed by atoms with E-state index in [1.54, 1.807) is 47.6 Å². The number of halogens is 1. The number of hydrogen-bond donors (Lipinski definition) is 0. The van der Waals surface area contributed by atoms with Gasteiger partial charge in [0.25, 0.3) is 5.91 Å². The van der Waals surface area contributed by atoms with E-state index in [2.05, 4.69) is 11.6 Å². The van der Waals surface area contributed by atoms with Gasteiger partial charge < -0.3 is 9.47 Å². The van der Waals surface area contributed by atoms with E-state index in [0.29, 0.717) is 35.9 Å². The fourth-order valence-electron chi connectivity index (χ4n) is 2.55. The zero-order valence-corrected chi connectivity index (χ0v) is 14.5. The summed E-state index contributed by atoms with van der Waals surface area (Å²) < 4.78 is 15.8. The topological polar surface area (TPSA) is 38.1 Å². The first-order valence-electron chi connectivity index (χ1n) is 7.86. The number of carbonyl (C=O) groups is 1. The van der Waals surface area contributed by atoms with Crippen molar-refractivity contribution in [2.75, 3.05) is 6.54 Å². The Bertz CT molecular complexity index is 857. The van der Waals surface area contributed by atoms with Crippen LogP contribution in [0.3, 0.4) is 0 Å². The highest BCUT2D eigenvalue weighted by Gasteiger charge is 2.18. The third-order valence-corrected chi connectivity index (χ3v) is 4.66. The number of nitrogens with zero attached hydrogens (tertiary/aromatic N) is 3. The van der Waals surface area contributed by atoms with Gasteiger partial charge in [0.1, 0.15) is 11.6 Å². The van der Waals surface area contributed by atoms with Gasteiger partial charge in [-0.15, -0.1) is 17.9 Å². The summed E-state index contributed by atoms with van der Waals surface area (Å²) in [6.45, 7) is 4.86. The van der Waals surface area contributed by atoms with Crippen molar-refractivity contribution >= 4 is 17.2 Å². The van der Waals surface area contributed by atoms with Crippen molar-refractivity contribution in [2.24, 2.45) is 0 Å². The number of thiophene rings is 1. The van der Waals surface area contributed by atoms with Crippen molar-refractivity contribution < 1.29 is 9.18 Å². The summed E-state index contributed by atoms with van der Waals surface area (Å²) in [5, 5.41) is 1.87. The second-order valence-electron chi connectivity index (χ2n) is 5.51. The Balaban J connectivity index is 1.79. The fourth-order valence-corrected chi connectivity index (χ4v) is 3.24. The summed E-state index contributed by atoms with van der Waals surface area (Å²) in [5.41, 5.74) is 0.585. The van der Waals surface area contributed by atoms with Crippen LogP contribution in [0.4, 0.5) is 4.39 Å². The van der Waals surface area contributed by atoms with Gasteiger partial charge in [-0.1, -0.05) is 30.3 Å². The van der Waals surface area contributed by atoms with Crippen LogP contribution in [0, 0.1) is 5.82 Å². The first kappa shape index (κ1) is 17.1. The van der Waals surface area contributed by atoms with E-state index in [4.69, 9.17) is 0 Å². The van der Waals surface area contributed by atoms with Gasteiger partial charge in [-0.25, -0.2) is 9.37 Å². The molecule has 0 aliphatic carbocycles. The van der Waals surface area contributed by atoms with Crippen LogP contribution in [0.5, 0.6) is 0 Å². The number of carbonyl (C=O) groups excluding carboxylic acids is 1. The highest BCUT2D eigenvalue weighted by Crippen LogP contribution is 2.15. The lowest BCUT2D eigenvalue weighted by molar-refractivity contribution is 0.0762. The average Bonchev–Trinajstić information content (AvgIpc) is 3.28. The highest BCUT2D eigenvalue weighted by molar-refractivity contribution is 7.12. The highest BCUT2D eigenvalue weighted by atomic mass is 32.1. The molecule has 0 bridgehead atoms. The molecule has 0 saturated heterocycles. The molecule has 1 aromatic carbocycles. The number of aromatic nitrogens is 2. The first-order valence-corrected chi connectivity index (χ1v) is 8.74. The standard InChI is InChI=1S/C19H18FN3OS/c1-2-10-23(19(24)17-8-5-12-25-17)14-18-21-9-11-22(18)13-15-6-3-4-7-16(15)20/h2-9,11-12H,1,10,13-14H2. The normalized spacial score (nSPS) is 10.6. The van der Waals surface area contributed by atoms with Gasteiger partial charge in [0, 0.05) is 24.5 Å². The van der Waals surface area contributed by atoms with Crippen molar-refractivity contribution in [3.63, 3.8) is 0 Å². The minimum Gasteiger partial charge on any atom is -0.329 e. The number of imidazole rings is 1. The van der Waals surface area contributed by atoms with Gasteiger partial charge in [-0.3, -0.25) is 4.79 Å². The fraction of sp³-hybridized carbons (Fsp3) is 0.158. The van der Waals surface area contributed by atoms with Crippen molar-refractivity contribution in [3.05, 3.63) is 88.9 Å². The zero-order chi connectivity index (χ0) is 17.6. The van der Waals surface area contributed by atoms with Crippen LogP contribution in [0.1, 0.15) is 21.1 Å². The Kier molecular flexibility index (Phi) is 5.40. The van der Waals surface area contributed by atoms with E-state index in [9.17, 15) is 9.18 Å². The van der Waals surface area contributed by atoms with Gasteiger partial charge in [0.05, 0.1) is 18.0 Å². The molecular formula is C19H18FN3OS. The van der Waals surface area contributed by atoms with Gasteiger partial charge in [0.15, 0.2) is 0 Å². The maximum atomic E-state index is 13.9. The summed E-state index contributed by atoms with van der Waals surface area (Å²) in [7, 11) is 0. The molecule has 2 aromatic heterocycles. The Morgan fingerprint density at radius 1 is 1.32 bits per heavy atom. The van der Waals surface area contributed by atoms with E-state index in [0.717, 1.165) is 0 Å². The van der Waals surface area contributed by atoms with Crippen molar-refractivity contribution in [3.8, 4) is 0 Å². The third kappa shape index (κ3) is 4.03. The van der Waals surface area contributed by atoms with E-state index >= 15 is 0 Å². The van der Waals surface area contributed by atoms with E-state index in [1.165, 1.54) is 17.4 Å². The molecule has 0 radical (unpaired) electrons. The van der Waals surface area contributed by atoms with Crippen LogP contribution in [0.15, 0.2) is 66.8 Å². The van der Waals surface area contributed by atoms with E-state index < -0.39 is 0 Å². The monoisotopic (exact) mass is 355 g/mol. The molecule has 3 aromatic rings. The summed E-state index contributed by atoms with van der Waals surface area (Å²) in [5.74, 6) is 0.394. The molecule has 0 aliphatic heterocycles. The Hall–Kier alpha value is -2.73. The Morgan fingerprint density at radius 3 is 2.88 bits per heavy atom. The average molecular weight is 355 g/mol. The van der Waals surface area contributed by atoms with Crippen molar-refractivity contribution in [1.82, 2.24) is 14.5 Å². The van der Waals surface area contributed by atoms with Gasteiger partial charge in [0.2, 0.25) is 0 Å². The summed E-state index contributed by atoms with van der Waals surface area (Å²) in [4.78, 5) is 19.3. The van der Waals surface area contributed by atoms with Crippen LogP contribution in [0.2, 0.25) is 0 Å². The lowest BCUT2D eigenvalue weighted by Crippen LogP contribution is -2.31. The third-order valence-electron chi connectivity index (χ3n) is 3.80. The van der Waals surface area contributed by atoms with Gasteiger partial charge >= 0.3 is 0 Å². The molecule has 0 saturated carbocycles. The van der Waals surface area contributed by atoms with Crippen LogP contribution in [-0.2, 0) is 13.1 Å². The number of amides is 1. The SMILES string of the molecule is C=CCN(Cc1nccn1Cc1ccccc1F)C(=O)c1cccs1. The molecule has 0 N–H and O–H groups in total. The van der Waals surface area contributed by atoms with Crippen LogP contribution >= 0.6 is 11.3 Å². The molecule has 25 heavy (non-hydrogen) atoms. The number of benzene rings is 1. The molecule has 2 heterocycles. The molecule has 0 aliphatic rings. The largest absolute Gasteiger partial charge is 0.329 e. The molecule has 0 atom stereocenters. The summed E-state index contributed by atoms with van der Waals surface area (Å²) in [6.07, 6.45) is 5.15. The number of hydrogen-bond acceptors (Lipinski definition) is 3. The van der Waals surface area contributed by atoms with Gasteiger partial charge in [-0.2, -0.15) is 0 Å². The zero-order valence-electron chi connectivity index (χ0n) is 13.6. The van der Waals surface area contributed by atoms with Crippen molar-refractivity contribution in [2.45, 2.75) is 13.1 Å². The molecule has 6 heteroatoms. The molecule has 4 nitrogen and oxygen atoms in total. The molecule has 3 rings (SSSR count). The summed E-state index contributed by atoms with van der Waals surface area (Å²) in [6, 6.07) is 10.3. The number of rotatable bonds is 7. The smallest absolute Gasteiger partial charge is 0.264 e. The van der Waals surface area contributed by atoms with Crippen LogP contribution in [0.25, 0.3) is 0 Å². The van der Waals surface area contributed by atoms with Crippen LogP contribution < -0.4 is 0 Å². The molecule has 0 fully saturated rings. The predicted molar refractivity (Wildman–Crippen MR) is 97.0 cm³/mol. The lowest BCUT2D eigenvalue weighted by atomic mass is 10.2. The second-order valence-corrected chi connectivity index (χ2v) is 6.46. The molecule has 128 valence electrons. The van der Waals surface area contributed by atoms with E-state index in [1.807, 2.05) is 16.0 Å². The minimum absolute atomic E-state index is 0.0599. The molecule has 0 spiro atoms. The maximum Gasteiger partial charge on any atom is 0.264 e. The van der Waals surface area contributed by atoms with Crippen molar-refractivity contribution in [1.29, 1.82) is 0 Å². The molecule has 1 amide bonds. The van der Waals surface area contributed by atoms with Gasteiger partial charge in [-0.05, 0) is 17.5 Å². The minimum atomic E-state index is -0.250. The Labute approximate surface area is 149 Å². The van der Waals surface area contributed by atoms with E-state index in [-0.39, 0.29) is 11.7 Å².